The number of nitrogens with one attached hydrogen (secondary N) is 1. The van der Waals surface area contributed by atoms with E-state index in [-0.39, 0.29) is 18.1 Å². The molecule has 0 spiro atoms. The number of amides is 1. The molecule has 0 aromatic heterocycles. The lowest BCUT2D eigenvalue weighted by Crippen LogP contribution is -2.41. The number of halogens is 1. The van der Waals surface area contributed by atoms with E-state index in [0.717, 1.165) is 29.5 Å². The summed E-state index contributed by atoms with van der Waals surface area (Å²) in [5, 5.41) is 3.01. The molecule has 2 rings (SSSR count). The fraction of sp³-hybridized carbons (Fsp3) is 0.500. The molecule has 98 valence electrons. The zero-order chi connectivity index (χ0) is 13.0. The first-order valence-electron chi connectivity index (χ1n) is 6.30. The SMILES string of the molecule is C[C@@H](NC(=O)Cc1ccc(Br)cc1)[C@H]1CCCO1. The van der Waals surface area contributed by atoms with Gasteiger partial charge in [0.15, 0.2) is 0 Å². The van der Waals surface area contributed by atoms with Gasteiger partial charge in [-0.2, -0.15) is 0 Å². The monoisotopic (exact) mass is 311 g/mol. The second-order valence-electron chi connectivity index (χ2n) is 4.71. The molecule has 1 aromatic rings. The average Bonchev–Trinajstić information content (AvgIpc) is 2.85. The lowest BCUT2D eigenvalue weighted by atomic mass is 10.1. The number of hydrogen-bond donors (Lipinski definition) is 1. The van der Waals surface area contributed by atoms with Crippen molar-refractivity contribution in [3.8, 4) is 0 Å². The van der Waals surface area contributed by atoms with Crippen LogP contribution in [0.5, 0.6) is 0 Å². The molecular weight excluding hydrogens is 294 g/mol. The summed E-state index contributed by atoms with van der Waals surface area (Å²) in [5.74, 6) is 0.0559. The molecule has 1 heterocycles. The van der Waals surface area contributed by atoms with Crippen molar-refractivity contribution in [1.29, 1.82) is 0 Å². The van der Waals surface area contributed by atoms with Crippen molar-refractivity contribution in [2.24, 2.45) is 0 Å². The number of rotatable bonds is 4. The molecule has 1 amide bonds. The van der Waals surface area contributed by atoms with Crippen molar-refractivity contribution in [1.82, 2.24) is 5.32 Å². The fourth-order valence-corrected chi connectivity index (χ4v) is 2.45. The Bertz CT molecular complexity index is 399. The molecule has 1 saturated heterocycles. The van der Waals surface area contributed by atoms with Crippen LogP contribution in [0.2, 0.25) is 0 Å². The minimum Gasteiger partial charge on any atom is -0.376 e. The summed E-state index contributed by atoms with van der Waals surface area (Å²) in [6, 6.07) is 7.91. The van der Waals surface area contributed by atoms with Gasteiger partial charge in [-0.3, -0.25) is 4.79 Å². The Morgan fingerprint density at radius 3 is 2.83 bits per heavy atom. The number of benzene rings is 1. The van der Waals surface area contributed by atoms with E-state index < -0.39 is 0 Å². The van der Waals surface area contributed by atoms with Gasteiger partial charge >= 0.3 is 0 Å². The maximum Gasteiger partial charge on any atom is 0.224 e. The Morgan fingerprint density at radius 2 is 2.22 bits per heavy atom. The van der Waals surface area contributed by atoms with Crippen molar-refractivity contribution in [3.05, 3.63) is 34.3 Å². The van der Waals surface area contributed by atoms with Gasteiger partial charge in [0.25, 0.3) is 0 Å². The smallest absolute Gasteiger partial charge is 0.224 e. The highest BCUT2D eigenvalue weighted by molar-refractivity contribution is 9.10. The van der Waals surface area contributed by atoms with E-state index in [4.69, 9.17) is 4.74 Å². The molecule has 18 heavy (non-hydrogen) atoms. The molecule has 1 aromatic carbocycles. The Balaban J connectivity index is 1.82. The van der Waals surface area contributed by atoms with E-state index in [0.29, 0.717) is 6.42 Å². The Morgan fingerprint density at radius 1 is 1.50 bits per heavy atom. The quantitative estimate of drug-likeness (QED) is 0.928. The Kier molecular flexibility index (Phi) is 4.78. The highest BCUT2D eigenvalue weighted by Gasteiger charge is 2.23. The normalized spacial score (nSPS) is 20.7. The first-order chi connectivity index (χ1) is 8.65. The Hall–Kier alpha value is -0.870. The zero-order valence-electron chi connectivity index (χ0n) is 10.5. The second kappa shape index (κ2) is 6.34. The highest BCUT2D eigenvalue weighted by atomic mass is 79.9. The van der Waals surface area contributed by atoms with E-state index in [1.807, 2.05) is 31.2 Å². The van der Waals surface area contributed by atoms with E-state index in [1.165, 1.54) is 0 Å². The minimum atomic E-state index is 0.0559. The van der Waals surface area contributed by atoms with Gasteiger partial charge in [-0.1, -0.05) is 28.1 Å². The van der Waals surface area contributed by atoms with E-state index >= 15 is 0 Å². The van der Waals surface area contributed by atoms with Gasteiger partial charge in [0, 0.05) is 11.1 Å². The highest BCUT2D eigenvalue weighted by Crippen LogP contribution is 2.15. The summed E-state index contributed by atoms with van der Waals surface area (Å²) >= 11 is 3.38. The van der Waals surface area contributed by atoms with E-state index in [1.54, 1.807) is 0 Å². The molecule has 1 fully saturated rings. The van der Waals surface area contributed by atoms with E-state index in [9.17, 15) is 4.79 Å². The van der Waals surface area contributed by atoms with Crippen LogP contribution >= 0.6 is 15.9 Å². The van der Waals surface area contributed by atoms with Crippen molar-refractivity contribution < 1.29 is 9.53 Å². The first-order valence-corrected chi connectivity index (χ1v) is 7.10. The zero-order valence-corrected chi connectivity index (χ0v) is 12.1. The number of carbonyl (C=O) groups excluding carboxylic acids is 1. The maximum absolute atomic E-state index is 11.9. The number of carbonyl (C=O) groups is 1. The van der Waals surface area contributed by atoms with Crippen molar-refractivity contribution >= 4 is 21.8 Å². The summed E-state index contributed by atoms with van der Waals surface area (Å²) in [5.41, 5.74) is 1.02. The molecular formula is C14H18BrNO2. The van der Waals surface area contributed by atoms with Crippen LogP contribution in [-0.4, -0.2) is 24.7 Å². The summed E-state index contributed by atoms with van der Waals surface area (Å²) in [6.07, 6.45) is 2.74. The largest absolute Gasteiger partial charge is 0.376 e. The maximum atomic E-state index is 11.9. The van der Waals surface area contributed by atoms with Gasteiger partial charge in [-0.15, -0.1) is 0 Å². The van der Waals surface area contributed by atoms with Crippen LogP contribution in [0.4, 0.5) is 0 Å². The first kappa shape index (κ1) is 13.6. The van der Waals surface area contributed by atoms with Crippen molar-refractivity contribution in [2.45, 2.75) is 38.3 Å². The van der Waals surface area contributed by atoms with Crippen LogP contribution < -0.4 is 5.32 Å². The van der Waals surface area contributed by atoms with Gasteiger partial charge in [0.1, 0.15) is 0 Å². The predicted octanol–water partition coefficient (Wildman–Crippen LogP) is 2.68. The summed E-state index contributed by atoms with van der Waals surface area (Å²) in [7, 11) is 0. The van der Waals surface area contributed by atoms with Gasteiger partial charge < -0.3 is 10.1 Å². The third-order valence-electron chi connectivity index (χ3n) is 3.19. The van der Waals surface area contributed by atoms with Crippen LogP contribution in [0.25, 0.3) is 0 Å². The van der Waals surface area contributed by atoms with Crippen LogP contribution in [0.15, 0.2) is 28.7 Å². The van der Waals surface area contributed by atoms with Crippen LogP contribution in [0.1, 0.15) is 25.3 Å². The van der Waals surface area contributed by atoms with Crippen LogP contribution in [0, 0.1) is 0 Å². The van der Waals surface area contributed by atoms with E-state index in [2.05, 4.69) is 21.2 Å². The summed E-state index contributed by atoms with van der Waals surface area (Å²) in [4.78, 5) is 11.9. The average molecular weight is 312 g/mol. The van der Waals surface area contributed by atoms with Crippen LogP contribution in [-0.2, 0) is 16.0 Å². The third kappa shape index (κ3) is 3.82. The summed E-state index contributed by atoms with van der Waals surface area (Å²) < 4.78 is 6.59. The lowest BCUT2D eigenvalue weighted by molar-refractivity contribution is -0.121. The molecule has 2 atom stereocenters. The molecule has 4 heteroatoms. The van der Waals surface area contributed by atoms with Crippen molar-refractivity contribution in [3.63, 3.8) is 0 Å². The molecule has 0 bridgehead atoms. The van der Waals surface area contributed by atoms with Gasteiger partial charge in [0.2, 0.25) is 5.91 Å². The third-order valence-corrected chi connectivity index (χ3v) is 3.72. The van der Waals surface area contributed by atoms with Gasteiger partial charge in [-0.25, -0.2) is 0 Å². The number of ether oxygens (including phenoxy) is 1. The molecule has 1 aliphatic rings. The molecule has 1 N–H and O–H groups in total. The lowest BCUT2D eigenvalue weighted by Gasteiger charge is -2.20. The predicted molar refractivity (Wildman–Crippen MR) is 74.4 cm³/mol. The second-order valence-corrected chi connectivity index (χ2v) is 5.63. The molecule has 0 radical (unpaired) electrons. The van der Waals surface area contributed by atoms with Crippen LogP contribution in [0.3, 0.4) is 0 Å². The summed E-state index contributed by atoms with van der Waals surface area (Å²) in [6.45, 7) is 2.83. The van der Waals surface area contributed by atoms with Gasteiger partial charge in [0.05, 0.1) is 18.6 Å². The Labute approximate surface area is 116 Å². The molecule has 0 unspecified atom stereocenters. The topological polar surface area (TPSA) is 38.3 Å². The van der Waals surface area contributed by atoms with Crippen molar-refractivity contribution in [2.75, 3.05) is 6.61 Å². The standard InChI is InChI=1S/C14H18BrNO2/c1-10(13-3-2-8-18-13)16-14(17)9-11-4-6-12(15)7-5-11/h4-7,10,13H,2-3,8-9H2,1H3,(H,16,17)/t10-,13-/m1/s1. The molecule has 3 nitrogen and oxygen atoms in total. The fourth-order valence-electron chi connectivity index (χ4n) is 2.18. The minimum absolute atomic E-state index is 0.0559. The molecule has 0 aliphatic carbocycles. The molecule has 1 aliphatic heterocycles. The molecule has 0 saturated carbocycles. The number of hydrogen-bond acceptors (Lipinski definition) is 2. The van der Waals surface area contributed by atoms with Gasteiger partial charge in [-0.05, 0) is 37.5 Å².